The molecule has 100 valence electrons. The van der Waals surface area contributed by atoms with Crippen LogP contribution < -0.4 is 0 Å². The fraction of sp³-hybridized carbons (Fsp3) is 0.538. The molecule has 0 fully saturated rings. The van der Waals surface area contributed by atoms with E-state index >= 15 is 0 Å². The van der Waals surface area contributed by atoms with Crippen LogP contribution in [0.1, 0.15) is 26.3 Å². The normalized spacial score (nSPS) is 14.6. The highest BCUT2D eigenvalue weighted by Gasteiger charge is 2.25. The van der Waals surface area contributed by atoms with Gasteiger partial charge in [0, 0.05) is 11.6 Å². The quantitative estimate of drug-likeness (QED) is 0.659. The summed E-state index contributed by atoms with van der Waals surface area (Å²) < 4.78 is 0. The number of hydrogen-bond acceptors (Lipinski definition) is 3. The second kappa shape index (κ2) is 6.16. The maximum atomic E-state index is 11.0. The van der Waals surface area contributed by atoms with Crippen LogP contribution in [0, 0.1) is 22.0 Å². The number of rotatable bonds is 5. The first-order chi connectivity index (χ1) is 8.34. The fourth-order valence-electron chi connectivity index (χ4n) is 2.12. The molecule has 1 N–H and O–H groups in total. The van der Waals surface area contributed by atoms with Crippen molar-refractivity contribution in [3.8, 4) is 0 Å². The van der Waals surface area contributed by atoms with E-state index < -0.39 is 11.0 Å². The Morgan fingerprint density at radius 2 is 2.00 bits per heavy atom. The van der Waals surface area contributed by atoms with Crippen LogP contribution in [0.2, 0.25) is 5.02 Å². The molecule has 0 aliphatic rings. The summed E-state index contributed by atoms with van der Waals surface area (Å²) in [7, 11) is 0. The summed E-state index contributed by atoms with van der Waals surface area (Å²) >= 11 is 6.04. The van der Waals surface area contributed by atoms with Gasteiger partial charge in [0.15, 0.2) is 0 Å². The molecule has 2 atom stereocenters. The molecule has 0 aliphatic carbocycles. The van der Waals surface area contributed by atoms with E-state index in [0.717, 1.165) is 0 Å². The van der Waals surface area contributed by atoms with Crippen LogP contribution in [-0.4, -0.2) is 16.1 Å². The second-order valence-electron chi connectivity index (χ2n) is 4.85. The largest absolute Gasteiger partial charge is 0.393 e. The Bertz CT molecular complexity index is 424. The highest BCUT2D eigenvalue weighted by molar-refractivity contribution is 6.31. The summed E-state index contributed by atoms with van der Waals surface area (Å²) in [6.07, 6.45) is -0.119. The number of aliphatic hydroxyl groups excluding tert-OH is 1. The molecule has 0 aromatic heterocycles. The van der Waals surface area contributed by atoms with E-state index in [4.69, 9.17) is 11.6 Å². The molecule has 0 saturated carbocycles. The number of aliphatic hydroxyl groups is 1. The van der Waals surface area contributed by atoms with Crippen molar-refractivity contribution >= 4 is 17.3 Å². The smallest absolute Gasteiger partial charge is 0.274 e. The summed E-state index contributed by atoms with van der Waals surface area (Å²) in [4.78, 5) is 10.5. The third-order valence-electron chi connectivity index (χ3n) is 3.21. The highest BCUT2D eigenvalue weighted by Crippen LogP contribution is 2.31. The molecule has 1 aromatic rings. The van der Waals surface area contributed by atoms with Crippen LogP contribution in [0.5, 0.6) is 0 Å². The van der Waals surface area contributed by atoms with Gasteiger partial charge in [-0.2, -0.15) is 0 Å². The first kappa shape index (κ1) is 14.9. The number of nitro groups is 1. The molecule has 0 amide bonds. The Kier molecular flexibility index (Phi) is 5.11. The summed E-state index contributed by atoms with van der Waals surface area (Å²) in [6.45, 7) is 5.67. The summed E-state index contributed by atoms with van der Waals surface area (Å²) in [5.74, 6) is 0.171. The van der Waals surface area contributed by atoms with Gasteiger partial charge in [-0.15, -0.1) is 0 Å². The van der Waals surface area contributed by atoms with Gasteiger partial charge >= 0.3 is 0 Å². The van der Waals surface area contributed by atoms with Gasteiger partial charge in [-0.25, -0.2) is 0 Å². The number of hydrogen-bond donors (Lipinski definition) is 1. The van der Waals surface area contributed by atoms with E-state index in [1.54, 1.807) is 19.1 Å². The van der Waals surface area contributed by atoms with Gasteiger partial charge in [-0.1, -0.05) is 31.5 Å². The Balaban J connectivity index is 3.12. The van der Waals surface area contributed by atoms with Crippen LogP contribution in [0.3, 0.4) is 0 Å². The van der Waals surface area contributed by atoms with E-state index in [1.165, 1.54) is 6.07 Å². The lowest BCUT2D eigenvalue weighted by atomic mass is 9.85. The Morgan fingerprint density at radius 1 is 1.39 bits per heavy atom. The van der Waals surface area contributed by atoms with Gasteiger partial charge in [-0.05, 0) is 31.2 Å². The minimum Gasteiger partial charge on any atom is -0.393 e. The lowest BCUT2D eigenvalue weighted by molar-refractivity contribution is -0.385. The molecule has 0 radical (unpaired) electrons. The molecular weight excluding hydrogens is 254 g/mol. The fourth-order valence-corrected chi connectivity index (χ4v) is 2.37. The molecule has 0 bridgehead atoms. The van der Waals surface area contributed by atoms with Crippen molar-refractivity contribution < 1.29 is 10.0 Å². The third-order valence-corrected chi connectivity index (χ3v) is 3.56. The molecule has 0 heterocycles. The lowest BCUT2D eigenvalue weighted by Crippen LogP contribution is -2.25. The molecule has 18 heavy (non-hydrogen) atoms. The van der Waals surface area contributed by atoms with Crippen LogP contribution >= 0.6 is 11.6 Å². The third kappa shape index (κ3) is 3.43. The summed E-state index contributed by atoms with van der Waals surface area (Å²) in [5, 5.41) is 21.1. The summed E-state index contributed by atoms with van der Waals surface area (Å²) in [5.41, 5.74) is 0.526. The van der Waals surface area contributed by atoms with Gasteiger partial charge < -0.3 is 5.11 Å². The van der Waals surface area contributed by atoms with Gasteiger partial charge in [0.1, 0.15) is 0 Å². The second-order valence-corrected chi connectivity index (χ2v) is 5.25. The molecular formula is C13H18ClNO3. The van der Waals surface area contributed by atoms with E-state index in [2.05, 4.69) is 0 Å². The van der Waals surface area contributed by atoms with Crippen molar-refractivity contribution in [3.05, 3.63) is 38.9 Å². The molecule has 1 rings (SSSR count). The first-order valence-electron chi connectivity index (χ1n) is 5.94. The van der Waals surface area contributed by atoms with Crippen molar-refractivity contribution in [2.75, 3.05) is 0 Å². The predicted octanol–water partition coefficient (Wildman–Crippen LogP) is 3.44. The number of benzene rings is 1. The van der Waals surface area contributed by atoms with Crippen LogP contribution in [-0.2, 0) is 6.42 Å². The molecule has 0 aliphatic heterocycles. The molecule has 4 nitrogen and oxygen atoms in total. The van der Waals surface area contributed by atoms with Crippen LogP contribution in [0.15, 0.2) is 18.2 Å². The zero-order valence-corrected chi connectivity index (χ0v) is 11.5. The van der Waals surface area contributed by atoms with Crippen molar-refractivity contribution in [1.29, 1.82) is 0 Å². The van der Waals surface area contributed by atoms with Crippen molar-refractivity contribution in [3.63, 3.8) is 0 Å². The lowest BCUT2D eigenvalue weighted by Gasteiger charge is -2.24. The standard InChI is InChI=1S/C13H18ClNO3/c1-8(2)10(9(3)16)7-11-12(14)5-4-6-13(11)15(17)18/h4-6,8-10,16H,7H2,1-3H3. The maximum Gasteiger partial charge on any atom is 0.274 e. The molecule has 0 saturated heterocycles. The van der Waals surface area contributed by atoms with Crippen molar-refractivity contribution in [2.45, 2.75) is 33.3 Å². The molecule has 1 aromatic carbocycles. The molecule has 5 heteroatoms. The minimum absolute atomic E-state index is 0.0220. The molecule has 2 unspecified atom stereocenters. The van der Waals surface area contributed by atoms with Crippen LogP contribution in [0.25, 0.3) is 0 Å². The highest BCUT2D eigenvalue weighted by atomic mass is 35.5. The van der Waals surface area contributed by atoms with E-state index in [-0.39, 0.29) is 17.5 Å². The topological polar surface area (TPSA) is 63.4 Å². The van der Waals surface area contributed by atoms with Gasteiger partial charge in [0.25, 0.3) is 5.69 Å². The number of halogens is 1. The zero-order chi connectivity index (χ0) is 13.9. The maximum absolute atomic E-state index is 11.0. The van der Waals surface area contributed by atoms with E-state index in [0.29, 0.717) is 17.0 Å². The van der Waals surface area contributed by atoms with Gasteiger partial charge in [-0.3, -0.25) is 10.1 Å². The Hall–Kier alpha value is -1.13. The first-order valence-corrected chi connectivity index (χ1v) is 6.32. The predicted molar refractivity (Wildman–Crippen MR) is 71.8 cm³/mol. The van der Waals surface area contributed by atoms with Crippen molar-refractivity contribution in [2.24, 2.45) is 11.8 Å². The monoisotopic (exact) mass is 271 g/mol. The summed E-state index contributed by atoms with van der Waals surface area (Å²) in [6, 6.07) is 4.65. The van der Waals surface area contributed by atoms with Gasteiger partial charge in [0.2, 0.25) is 0 Å². The molecule has 0 spiro atoms. The minimum atomic E-state index is -0.527. The Morgan fingerprint density at radius 3 is 2.44 bits per heavy atom. The van der Waals surface area contributed by atoms with E-state index in [9.17, 15) is 15.2 Å². The van der Waals surface area contributed by atoms with Crippen LogP contribution in [0.4, 0.5) is 5.69 Å². The number of nitro benzene ring substituents is 1. The van der Waals surface area contributed by atoms with Gasteiger partial charge in [0.05, 0.1) is 16.0 Å². The average molecular weight is 272 g/mol. The van der Waals surface area contributed by atoms with E-state index in [1.807, 2.05) is 13.8 Å². The SMILES string of the molecule is CC(C)C(Cc1c(Cl)cccc1[N+](=O)[O-])C(C)O. The Labute approximate surface area is 112 Å². The average Bonchev–Trinajstić information content (AvgIpc) is 2.25. The van der Waals surface area contributed by atoms with Crippen molar-refractivity contribution in [1.82, 2.24) is 0 Å². The number of nitrogens with zero attached hydrogens (tertiary/aromatic N) is 1. The zero-order valence-electron chi connectivity index (χ0n) is 10.8.